The zero-order chi connectivity index (χ0) is 13.0. The molecular formula is C9H9N6O2S. The van der Waals surface area contributed by atoms with Crippen LogP contribution in [0, 0.1) is 0 Å². The molecule has 0 aromatic carbocycles. The Kier molecular flexibility index (Phi) is 3.53. The standard InChI is InChI=1S/C9H9N6O2S/c10-8(16)7(5-4-18-9(11)14-5)15-17-3-6-12-1-2-13-6/h1-2,4,10H,3H2,(H2,11,14)(H,12,13)/b15-7-. The van der Waals surface area contributed by atoms with Gasteiger partial charge in [0, 0.05) is 17.8 Å². The first kappa shape index (κ1) is 12.0. The van der Waals surface area contributed by atoms with Gasteiger partial charge < -0.3 is 15.6 Å². The van der Waals surface area contributed by atoms with Gasteiger partial charge in [0.15, 0.2) is 17.5 Å². The molecule has 1 radical (unpaired) electrons. The number of rotatable bonds is 5. The van der Waals surface area contributed by atoms with Crippen LogP contribution in [0.5, 0.6) is 0 Å². The molecule has 0 spiro atoms. The summed E-state index contributed by atoms with van der Waals surface area (Å²) in [6.45, 7) is 0.0728. The molecular weight excluding hydrogens is 256 g/mol. The number of nitrogens with two attached hydrogens (primary N) is 1. The van der Waals surface area contributed by atoms with Crippen LogP contribution in [0.1, 0.15) is 11.5 Å². The van der Waals surface area contributed by atoms with Crippen LogP contribution < -0.4 is 11.5 Å². The third kappa shape index (κ3) is 2.83. The number of hydrogen-bond acceptors (Lipinski definition) is 7. The van der Waals surface area contributed by atoms with Crippen molar-refractivity contribution in [2.45, 2.75) is 6.61 Å². The van der Waals surface area contributed by atoms with Crippen molar-refractivity contribution in [3.63, 3.8) is 0 Å². The van der Waals surface area contributed by atoms with Gasteiger partial charge in [0.2, 0.25) is 0 Å². The van der Waals surface area contributed by atoms with E-state index >= 15 is 0 Å². The summed E-state index contributed by atoms with van der Waals surface area (Å²) in [6.07, 6.45) is 3.21. The number of imidazole rings is 1. The van der Waals surface area contributed by atoms with Crippen molar-refractivity contribution in [2.24, 2.45) is 5.16 Å². The lowest BCUT2D eigenvalue weighted by molar-refractivity contribution is -0.112. The van der Waals surface area contributed by atoms with Crippen LogP contribution in [-0.4, -0.2) is 26.6 Å². The first-order valence-corrected chi connectivity index (χ1v) is 5.70. The Morgan fingerprint density at radius 3 is 3.06 bits per heavy atom. The van der Waals surface area contributed by atoms with Crippen molar-refractivity contribution in [3.8, 4) is 0 Å². The third-order valence-corrected chi connectivity index (χ3v) is 2.57. The van der Waals surface area contributed by atoms with Crippen molar-refractivity contribution < 1.29 is 9.63 Å². The predicted molar refractivity (Wildman–Crippen MR) is 64.5 cm³/mol. The smallest absolute Gasteiger partial charge is 0.294 e. The molecule has 0 saturated heterocycles. The molecule has 0 bridgehead atoms. The van der Waals surface area contributed by atoms with E-state index in [0.717, 1.165) is 11.3 Å². The van der Waals surface area contributed by atoms with E-state index in [2.05, 4.69) is 20.1 Å². The van der Waals surface area contributed by atoms with Gasteiger partial charge in [-0.3, -0.25) is 10.5 Å². The van der Waals surface area contributed by atoms with Gasteiger partial charge in [0.25, 0.3) is 5.91 Å². The Morgan fingerprint density at radius 1 is 1.67 bits per heavy atom. The number of nitrogens with one attached hydrogen (secondary N) is 2. The van der Waals surface area contributed by atoms with Crippen molar-refractivity contribution in [1.29, 1.82) is 0 Å². The molecule has 1 amide bonds. The number of nitrogen functional groups attached to an aromatic ring is 1. The van der Waals surface area contributed by atoms with E-state index in [1.165, 1.54) is 5.38 Å². The summed E-state index contributed by atoms with van der Waals surface area (Å²) < 4.78 is 0. The number of thiazole rings is 1. The summed E-state index contributed by atoms with van der Waals surface area (Å²) in [5.74, 6) is -0.423. The number of oxime groups is 1. The number of amides is 1. The highest BCUT2D eigenvalue weighted by Gasteiger charge is 2.15. The Balaban J connectivity index is 2.08. The fourth-order valence-corrected chi connectivity index (χ4v) is 1.68. The van der Waals surface area contributed by atoms with Gasteiger partial charge >= 0.3 is 0 Å². The highest BCUT2D eigenvalue weighted by molar-refractivity contribution is 7.13. The highest BCUT2D eigenvalue weighted by atomic mass is 32.1. The van der Waals surface area contributed by atoms with E-state index in [1.54, 1.807) is 12.4 Å². The molecule has 18 heavy (non-hydrogen) atoms. The second-order valence-corrected chi connectivity index (χ2v) is 4.04. The number of carbonyl (C=O) groups excluding carboxylic acids is 1. The van der Waals surface area contributed by atoms with Crippen LogP contribution in [0.2, 0.25) is 0 Å². The molecule has 4 N–H and O–H groups in total. The van der Waals surface area contributed by atoms with E-state index in [0.29, 0.717) is 11.0 Å². The molecule has 0 fully saturated rings. The number of aromatic amines is 1. The SMILES string of the molecule is [NH]C(=O)/C(=N\OCc1ncc[nH]1)c1csc(N)n1. The Hall–Kier alpha value is -2.42. The topological polar surface area (TPSA) is 130 Å². The lowest BCUT2D eigenvalue weighted by Gasteiger charge is -1.99. The molecule has 0 unspecified atom stereocenters. The first-order valence-electron chi connectivity index (χ1n) is 4.82. The maximum absolute atomic E-state index is 11.1. The third-order valence-electron chi connectivity index (χ3n) is 1.89. The van der Waals surface area contributed by atoms with E-state index in [9.17, 15) is 4.79 Å². The minimum Gasteiger partial charge on any atom is -0.387 e. The van der Waals surface area contributed by atoms with Gasteiger partial charge in [0.05, 0.1) is 0 Å². The van der Waals surface area contributed by atoms with Crippen molar-refractivity contribution in [1.82, 2.24) is 20.7 Å². The van der Waals surface area contributed by atoms with Crippen LogP contribution >= 0.6 is 11.3 Å². The summed E-state index contributed by atoms with van der Waals surface area (Å²) in [6, 6.07) is 0. The van der Waals surface area contributed by atoms with Crippen molar-refractivity contribution in [3.05, 3.63) is 29.3 Å². The monoisotopic (exact) mass is 265 g/mol. The highest BCUT2D eigenvalue weighted by Crippen LogP contribution is 2.12. The van der Waals surface area contributed by atoms with Crippen LogP contribution in [0.4, 0.5) is 5.13 Å². The molecule has 9 heteroatoms. The molecule has 2 heterocycles. The Morgan fingerprint density at radius 2 is 2.50 bits per heavy atom. The van der Waals surface area contributed by atoms with Gasteiger partial charge in [-0.15, -0.1) is 11.3 Å². The van der Waals surface area contributed by atoms with Gasteiger partial charge in [-0.1, -0.05) is 5.16 Å². The summed E-state index contributed by atoms with van der Waals surface area (Å²) in [5.41, 5.74) is 12.6. The fraction of sp³-hybridized carbons (Fsp3) is 0.111. The van der Waals surface area contributed by atoms with E-state index in [-0.39, 0.29) is 18.0 Å². The molecule has 0 aliphatic rings. The Labute approximate surface area is 106 Å². The number of anilines is 1. The minimum atomic E-state index is -0.986. The normalized spacial score (nSPS) is 11.4. The van der Waals surface area contributed by atoms with Gasteiger partial charge in [-0.05, 0) is 0 Å². The lowest BCUT2D eigenvalue weighted by atomic mass is 10.3. The Bertz CT molecular complexity index is 561. The average molecular weight is 265 g/mol. The molecule has 93 valence electrons. The largest absolute Gasteiger partial charge is 0.387 e. The maximum atomic E-state index is 11.1. The van der Waals surface area contributed by atoms with Crippen LogP contribution in [0.3, 0.4) is 0 Å². The van der Waals surface area contributed by atoms with E-state index < -0.39 is 5.91 Å². The van der Waals surface area contributed by atoms with Crippen molar-refractivity contribution >= 4 is 28.1 Å². The summed E-state index contributed by atoms with van der Waals surface area (Å²) >= 11 is 1.16. The molecule has 0 aliphatic heterocycles. The molecule has 0 saturated carbocycles. The summed E-state index contributed by atoms with van der Waals surface area (Å²) in [4.78, 5) is 26.6. The number of aromatic nitrogens is 3. The van der Waals surface area contributed by atoms with E-state index in [4.69, 9.17) is 16.3 Å². The fourth-order valence-electron chi connectivity index (χ4n) is 1.14. The molecule has 8 nitrogen and oxygen atoms in total. The van der Waals surface area contributed by atoms with E-state index in [1.807, 2.05) is 0 Å². The lowest BCUT2D eigenvalue weighted by Crippen LogP contribution is -2.17. The number of H-pyrrole nitrogens is 1. The van der Waals surface area contributed by atoms with Crippen LogP contribution in [0.25, 0.3) is 0 Å². The molecule has 2 aromatic rings. The van der Waals surface area contributed by atoms with Crippen LogP contribution in [0.15, 0.2) is 22.9 Å². The van der Waals surface area contributed by atoms with Gasteiger partial charge in [-0.25, -0.2) is 9.97 Å². The number of nitrogens with zero attached hydrogens (tertiary/aromatic N) is 3. The zero-order valence-electron chi connectivity index (χ0n) is 9.08. The summed E-state index contributed by atoms with van der Waals surface area (Å²) in [5, 5.41) is 5.42. The molecule has 0 atom stereocenters. The van der Waals surface area contributed by atoms with Crippen LogP contribution in [-0.2, 0) is 16.2 Å². The predicted octanol–water partition coefficient (Wildman–Crippen LogP) is 0.179. The zero-order valence-corrected chi connectivity index (χ0v) is 9.90. The van der Waals surface area contributed by atoms with Crippen molar-refractivity contribution in [2.75, 3.05) is 5.73 Å². The second-order valence-electron chi connectivity index (χ2n) is 3.15. The minimum absolute atomic E-state index is 0.0728. The molecule has 2 rings (SSSR count). The number of hydrogen-bond donors (Lipinski definition) is 2. The number of carbonyl (C=O) groups is 1. The summed E-state index contributed by atoms with van der Waals surface area (Å²) in [7, 11) is 0. The first-order chi connectivity index (χ1) is 8.66. The molecule has 2 aromatic heterocycles. The van der Waals surface area contributed by atoms with Gasteiger partial charge in [0.1, 0.15) is 11.5 Å². The quantitative estimate of drug-likeness (QED) is 0.588. The average Bonchev–Trinajstić information content (AvgIpc) is 2.95. The molecule has 0 aliphatic carbocycles. The second kappa shape index (κ2) is 5.27. The van der Waals surface area contributed by atoms with Gasteiger partial charge in [-0.2, -0.15) is 0 Å². The maximum Gasteiger partial charge on any atom is 0.294 e.